The molecule has 1 aromatic rings. The van der Waals surface area contributed by atoms with Gasteiger partial charge in [0.2, 0.25) is 0 Å². The van der Waals surface area contributed by atoms with E-state index in [-0.39, 0.29) is 11.9 Å². The molecule has 5 nitrogen and oxygen atoms in total. The molecule has 0 radical (unpaired) electrons. The molecule has 1 N–H and O–H groups in total. The lowest BCUT2D eigenvalue weighted by Crippen LogP contribution is -2.41. The molecule has 5 heteroatoms. The highest BCUT2D eigenvalue weighted by molar-refractivity contribution is 5.95. The van der Waals surface area contributed by atoms with E-state index in [1.54, 1.807) is 12.1 Å². The molecular formula is C20H29N3O2. The number of likely N-dealkylation sites (tertiary alicyclic amines) is 1. The van der Waals surface area contributed by atoms with Crippen molar-refractivity contribution in [2.45, 2.75) is 51.5 Å². The van der Waals surface area contributed by atoms with Crippen LogP contribution < -0.4 is 5.32 Å². The third-order valence-electron chi connectivity index (χ3n) is 5.63. The summed E-state index contributed by atoms with van der Waals surface area (Å²) in [6.07, 6.45) is 6.71. The number of hydrogen-bond acceptors (Lipinski definition) is 2. The Bertz CT molecular complexity index is 600. The smallest absolute Gasteiger partial charge is 0.321 e. The summed E-state index contributed by atoms with van der Waals surface area (Å²) in [7, 11) is 1.88. The molecule has 1 saturated heterocycles. The van der Waals surface area contributed by atoms with Gasteiger partial charge in [0.1, 0.15) is 0 Å². The molecule has 1 aromatic carbocycles. The van der Waals surface area contributed by atoms with Crippen LogP contribution in [0.25, 0.3) is 0 Å². The molecule has 1 saturated carbocycles. The Kier molecular flexibility index (Phi) is 5.61. The van der Waals surface area contributed by atoms with Gasteiger partial charge < -0.3 is 15.1 Å². The summed E-state index contributed by atoms with van der Waals surface area (Å²) in [5, 5.41) is 2.95. The number of benzene rings is 1. The highest BCUT2D eigenvalue weighted by atomic mass is 16.2. The molecule has 2 fully saturated rings. The largest absolute Gasteiger partial charge is 0.339 e. The van der Waals surface area contributed by atoms with Gasteiger partial charge in [-0.25, -0.2) is 4.79 Å². The molecule has 0 spiro atoms. The maximum Gasteiger partial charge on any atom is 0.321 e. The first kappa shape index (κ1) is 17.8. The highest BCUT2D eigenvalue weighted by Crippen LogP contribution is 2.26. The molecule has 2 aliphatic rings. The average molecular weight is 343 g/mol. The van der Waals surface area contributed by atoms with Crippen LogP contribution in [-0.2, 0) is 0 Å². The topological polar surface area (TPSA) is 52.7 Å². The third-order valence-corrected chi connectivity index (χ3v) is 5.63. The molecule has 0 unspecified atom stereocenters. The molecular weight excluding hydrogens is 314 g/mol. The minimum absolute atomic E-state index is 0.0711. The predicted molar refractivity (Wildman–Crippen MR) is 99.8 cm³/mol. The van der Waals surface area contributed by atoms with E-state index < -0.39 is 0 Å². The summed E-state index contributed by atoms with van der Waals surface area (Å²) in [5.74, 6) is 0.859. The monoisotopic (exact) mass is 343 g/mol. The van der Waals surface area contributed by atoms with Crippen molar-refractivity contribution in [3.63, 3.8) is 0 Å². The first-order valence-electron chi connectivity index (χ1n) is 9.48. The van der Waals surface area contributed by atoms with Gasteiger partial charge in [0, 0.05) is 37.4 Å². The molecule has 25 heavy (non-hydrogen) atoms. The minimum atomic E-state index is -0.0711. The van der Waals surface area contributed by atoms with Crippen molar-refractivity contribution in [3.05, 3.63) is 29.8 Å². The second-order valence-corrected chi connectivity index (χ2v) is 7.53. The second-order valence-electron chi connectivity index (χ2n) is 7.53. The van der Waals surface area contributed by atoms with E-state index in [1.165, 1.54) is 12.8 Å². The fourth-order valence-corrected chi connectivity index (χ4v) is 3.81. The van der Waals surface area contributed by atoms with E-state index >= 15 is 0 Å². The van der Waals surface area contributed by atoms with Gasteiger partial charge in [0.25, 0.3) is 5.91 Å². The Labute approximate surface area is 150 Å². The zero-order valence-corrected chi connectivity index (χ0v) is 15.3. The van der Waals surface area contributed by atoms with E-state index in [0.717, 1.165) is 50.4 Å². The van der Waals surface area contributed by atoms with Gasteiger partial charge >= 0.3 is 6.03 Å². The lowest BCUT2D eigenvalue weighted by molar-refractivity contribution is 0.0793. The van der Waals surface area contributed by atoms with E-state index in [2.05, 4.69) is 12.2 Å². The van der Waals surface area contributed by atoms with Crippen LogP contribution in [0.3, 0.4) is 0 Å². The van der Waals surface area contributed by atoms with Crippen molar-refractivity contribution in [1.82, 2.24) is 9.80 Å². The van der Waals surface area contributed by atoms with Gasteiger partial charge in [-0.2, -0.15) is 0 Å². The van der Waals surface area contributed by atoms with Crippen molar-refractivity contribution in [2.24, 2.45) is 5.92 Å². The Morgan fingerprint density at radius 3 is 2.24 bits per heavy atom. The number of nitrogens with zero attached hydrogens (tertiary/aromatic N) is 2. The van der Waals surface area contributed by atoms with Crippen molar-refractivity contribution in [3.8, 4) is 0 Å². The molecule has 3 rings (SSSR count). The fourth-order valence-electron chi connectivity index (χ4n) is 3.81. The summed E-state index contributed by atoms with van der Waals surface area (Å²) in [5.41, 5.74) is 1.42. The van der Waals surface area contributed by atoms with Crippen LogP contribution in [0, 0.1) is 5.92 Å². The van der Waals surface area contributed by atoms with Crippen molar-refractivity contribution in [1.29, 1.82) is 0 Å². The Balaban J connectivity index is 1.55. The number of urea groups is 1. The molecule has 1 aliphatic carbocycles. The van der Waals surface area contributed by atoms with E-state index in [9.17, 15) is 9.59 Å². The molecule has 136 valence electrons. The van der Waals surface area contributed by atoms with Crippen molar-refractivity contribution < 1.29 is 9.59 Å². The van der Waals surface area contributed by atoms with Crippen LogP contribution in [0.4, 0.5) is 10.5 Å². The minimum Gasteiger partial charge on any atom is -0.339 e. The van der Waals surface area contributed by atoms with Gasteiger partial charge in [-0.05, 0) is 68.7 Å². The van der Waals surface area contributed by atoms with E-state index in [4.69, 9.17) is 0 Å². The van der Waals surface area contributed by atoms with Crippen LogP contribution in [0.5, 0.6) is 0 Å². The van der Waals surface area contributed by atoms with Gasteiger partial charge in [-0.15, -0.1) is 0 Å². The van der Waals surface area contributed by atoms with Gasteiger partial charge in [0.05, 0.1) is 0 Å². The number of rotatable bonds is 3. The lowest BCUT2D eigenvalue weighted by atomic mass is 9.87. The number of carbonyl (C=O) groups excluding carboxylic acids is 2. The first-order chi connectivity index (χ1) is 12.0. The number of nitrogens with one attached hydrogen (secondary N) is 1. The zero-order valence-electron chi connectivity index (χ0n) is 15.3. The standard InChI is InChI=1S/C20H29N3O2/c1-15-5-11-18(12-6-15)22(2)20(25)21-17-9-7-16(8-10-17)19(24)23-13-3-4-14-23/h7-10,15,18H,3-6,11-14H2,1-2H3,(H,21,25). The quantitative estimate of drug-likeness (QED) is 0.903. The lowest BCUT2D eigenvalue weighted by Gasteiger charge is -2.33. The summed E-state index contributed by atoms with van der Waals surface area (Å²) in [4.78, 5) is 28.5. The normalized spacial score (nSPS) is 23.4. The van der Waals surface area contributed by atoms with E-state index in [1.807, 2.05) is 29.0 Å². The van der Waals surface area contributed by atoms with Crippen molar-refractivity contribution in [2.75, 3.05) is 25.5 Å². The number of anilines is 1. The van der Waals surface area contributed by atoms with Crippen molar-refractivity contribution >= 4 is 17.6 Å². The van der Waals surface area contributed by atoms with Gasteiger partial charge in [-0.1, -0.05) is 6.92 Å². The molecule has 3 amide bonds. The predicted octanol–water partition coefficient (Wildman–Crippen LogP) is 3.97. The Morgan fingerprint density at radius 1 is 1.04 bits per heavy atom. The Hall–Kier alpha value is -2.04. The van der Waals surface area contributed by atoms with Gasteiger partial charge in [-0.3, -0.25) is 4.79 Å². The van der Waals surface area contributed by atoms with E-state index in [0.29, 0.717) is 11.6 Å². The van der Waals surface area contributed by atoms with Crippen LogP contribution in [0.1, 0.15) is 55.8 Å². The summed E-state index contributed by atoms with van der Waals surface area (Å²) < 4.78 is 0. The summed E-state index contributed by atoms with van der Waals surface area (Å²) in [6, 6.07) is 7.50. The van der Waals surface area contributed by atoms with Crippen LogP contribution in [-0.4, -0.2) is 47.9 Å². The molecule has 0 atom stereocenters. The number of hydrogen-bond donors (Lipinski definition) is 1. The van der Waals surface area contributed by atoms with Crippen LogP contribution in [0.15, 0.2) is 24.3 Å². The third kappa shape index (κ3) is 4.33. The van der Waals surface area contributed by atoms with Crippen LogP contribution in [0.2, 0.25) is 0 Å². The maximum atomic E-state index is 12.5. The van der Waals surface area contributed by atoms with Gasteiger partial charge in [0.15, 0.2) is 0 Å². The highest BCUT2D eigenvalue weighted by Gasteiger charge is 2.25. The SMILES string of the molecule is CC1CCC(N(C)C(=O)Nc2ccc(C(=O)N3CCCC3)cc2)CC1. The number of amides is 3. The van der Waals surface area contributed by atoms with Crippen LogP contribution >= 0.6 is 0 Å². The second kappa shape index (κ2) is 7.89. The number of carbonyl (C=O) groups is 2. The summed E-state index contributed by atoms with van der Waals surface area (Å²) >= 11 is 0. The summed E-state index contributed by atoms with van der Waals surface area (Å²) in [6.45, 7) is 3.98. The zero-order chi connectivity index (χ0) is 17.8. The molecule has 0 aromatic heterocycles. The molecule has 1 heterocycles. The average Bonchev–Trinajstić information content (AvgIpc) is 3.16. The fraction of sp³-hybridized carbons (Fsp3) is 0.600. The molecule has 1 aliphatic heterocycles. The Morgan fingerprint density at radius 2 is 1.64 bits per heavy atom. The first-order valence-corrected chi connectivity index (χ1v) is 9.48. The molecule has 0 bridgehead atoms. The maximum absolute atomic E-state index is 12.5.